The Morgan fingerprint density at radius 2 is 2.12 bits per heavy atom. The average molecular weight is 223 g/mol. The van der Waals surface area contributed by atoms with Crippen LogP contribution in [0.2, 0.25) is 0 Å². The average Bonchev–Trinajstić information content (AvgIpc) is 2.56. The van der Waals surface area contributed by atoms with Gasteiger partial charge in [0.15, 0.2) is 0 Å². The molecule has 1 aromatic rings. The standard InChI is InChI=1S/C13H21NO2/c1-3-6-12-9-8-11(2)14(12)10-5-4-7-13(15)16/h8-9H,3-7,10H2,1-2H3,(H,15,16). The van der Waals surface area contributed by atoms with Crippen molar-refractivity contribution < 1.29 is 9.90 Å². The van der Waals surface area contributed by atoms with Crippen molar-refractivity contribution in [3.63, 3.8) is 0 Å². The molecule has 0 aliphatic carbocycles. The molecule has 0 amide bonds. The lowest BCUT2D eigenvalue weighted by Gasteiger charge is -2.10. The van der Waals surface area contributed by atoms with Crippen molar-refractivity contribution in [2.24, 2.45) is 0 Å². The molecule has 1 aromatic heterocycles. The molecule has 0 fully saturated rings. The quantitative estimate of drug-likeness (QED) is 0.722. The van der Waals surface area contributed by atoms with E-state index in [0.717, 1.165) is 32.2 Å². The van der Waals surface area contributed by atoms with Gasteiger partial charge in [0.05, 0.1) is 0 Å². The zero-order valence-electron chi connectivity index (χ0n) is 10.2. The Bertz CT molecular complexity index is 342. The van der Waals surface area contributed by atoms with Crippen molar-refractivity contribution in [1.29, 1.82) is 0 Å². The van der Waals surface area contributed by atoms with Crippen LogP contribution in [0, 0.1) is 6.92 Å². The number of hydrogen-bond acceptors (Lipinski definition) is 1. The highest BCUT2D eigenvalue weighted by molar-refractivity contribution is 5.66. The minimum absolute atomic E-state index is 0.281. The molecule has 0 bridgehead atoms. The maximum absolute atomic E-state index is 10.4. The third-order valence-corrected chi connectivity index (χ3v) is 2.82. The molecule has 0 saturated carbocycles. The van der Waals surface area contributed by atoms with Crippen LogP contribution >= 0.6 is 0 Å². The molecule has 1 rings (SSSR count). The van der Waals surface area contributed by atoms with Gasteiger partial charge in [-0.15, -0.1) is 0 Å². The van der Waals surface area contributed by atoms with Crippen LogP contribution in [0.1, 0.15) is 44.0 Å². The Hall–Kier alpha value is -1.25. The molecule has 0 saturated heterocycles. The van der Waals surface area contributed by atoms with E-state index in [-0.39, 0.29) is 6.42 Å². The first-order valence-corrected chi connectivity index (χ1v) is 6.02. The lowest BCUT2D eigenvalue weighted by atomic mass is 10.2. The van der Waals surface area contributed by atoms with E-state index in [2.05, 4.69) is 30.5 Å². The Morgan fingerprint density at radius 1 is 1.38 bits per heavy atom. The van der Waals surface area contributed by atoms with Gasteiger partial charge >= 0.3 is 5.97 Å². The number of aliphatic carboxylic acids is 1. The maximum atomic E-state index is 10.4. The summed E-state index contributed by atoms with van der Waals surface area (Å²) < 4.78 is 2.31. The number of carboxylic acid groups (broad SMARTS) is 1. The molecule has 0 aliphatic heterocycles. The minimum atomic E-state index is -0.696. The molecule has 1 N–H and O–H groups in total. The van der Waals surface area contributed by atoms with Crippen molar-refractivity contribution in [3.05, 3.63) is 23.5 Å². The lowest BCUT2D eigenvalue weighted by Crippen LogP contribution is -2.05. The largest absolute Gasteiger partial charge is 0.481 e. The van der Waals surface area contributed by atoms with E-state index >= 15 is 0 Å². The van der Waals surface area contributed by atoms with Gasteiger partial charge < -0.3 is 9.67 Å². The molecule has 0 spiro atoms. The van der Waals surface area contributed by atoms with Gasteiger partial charge in [-0.25, -0.2) is 0 Å². The summed E-state index contributed by atoms with van der Waals surface area (Å²) in [5, 5.41) is 8.56. The first-order valence-electron chi connectivity index (χ1n) is 6.02. The van der Waals surface area contributed by atoms with Gasteiger partial charge in [0.25, 0.3) is 0 Å². The zero-order valence-corrected chi connectivity index (χ0v) is 10.2. The number of nitrogens with zero attached hydrogens (tertiary/aromatic N) is 1. The Labute approximate surface area is 97.1 Å². The number of rotatable bonds is 7. The zero-order chi connectivity index (χ0) is 12.0. The topological polar surface area (TPSA) is 42.2 Å². The molecule has 3 nitrogen and oxygen atoms in total. The van der Waals surface area contributed by atoms with Crippen LogP contribution in [-0.2, 0) is 17.8 Å². The summed E-state index contributed by atoms with van der Waals surface area (Å²) in [5.41, 5.74) is 2.65. The molecule has 0 radical (unpaired) electrons. The SMILES string of the molecule is CCCc1ccc(C)n1CCCCC(=O)O. The molecule has 90 valence electrons. The van der Waals surface area contributed by atoms with Gasteiger partial charge in [-0.05, 0) is 38.3 Å². The minimum Gasteiger partial charge on any atom is -0.481 e. The van der Waals surface area contributed by atoms with Crippen LogP contribution in [0.25, 0.3) is 0 Å². The summed E-state index contributed by atoms with van der Waals surface area (Å²) in [7, 11) is 0. The highest BCUT2D eigenvalue weighted by Crippen LogP contribution is 2.12. The predicted octanol–water partition coefficient (Wildman–Crippen LogP) is 3.00. The molecule has 0 aromatic carbocycles. The number of unbranched alkanes of at least 4 members (excludes halogenated alkanes) is 1. The molecule has 0 aliphatic rings. The van der Waals surface area contributed by atoms with Crippen LogP contribution in [0.15, 0.2) is 12.1 Å². The van der Waals surface area contributed by atoms with E-state index < -0.39 is 5.97 Å². The van der Waals surface area contributed by atoms with Crippen LogP contribution < -0.4 is 0 Å². The maximum Gasteiger partial charge on any atom is 0.303 e. The highest BCUT2D eigenvalue weighted by Gasteiger charge is 2.04. The van der Waals surface area contributed by atoms with Crippen molar-refractivity contribution in [2.75, 3.05) is 0 Å². The molecule has 1 heterocycles. The summed E-state index contributed by atoms with van der Waals surface area (Å²) in [6, 6.07) is 4.32. The molecule has 16 heavy (non-hydrogen) atoms. The first-order chi connectivity index (χ1) is 7.65. The summed E-state index contributed by atoms with van der Waals surface area (Å²) in [4.78, 5) is 10.4. The Morgan fingerprint density at radius 3 is 2.75 bits per heavy atom. The number of carboxylic acids is 1. The fourth-order valence-electron chi connectivity index (χ4n) is 1.96. The molecule has 0 unspecified atom stereocenters. The van der Waals surface area contributed by atoms with Crippen LogP contribution in [0.5, 0.6) is 0 Å². The number of aryl methyl sites for hydroxylation is 2. The van der Waals surface area contributed by atoms with E-state index in [4.69, 9.17) is 5.11 Å². The molecular formula is C13H21NO2. The fraction of sp³-hybridized carbons (Fsp3) is 0.615. The Balaban J connectivity index is 2.45. The predicted molar refractivity (Wildman–Crippen MR) is 64.7 cm³/mol. The molecule has 0 atom stereocenters. The molecule has 3 heteroatoms. The summed E-state index contributed by atoms with van der Waals surface area (Å²) >= 11 is 0. The van der Waals surface area contributed by atoms with Gasteiger partial charge in [0.1, 0.15) is 0 Å². The van der Waals surface area contributed by atoms with E-state index in [0.29, 0.717) is 0 Å². The van der Waals surface area contributed by atoms with Crippen molar-refractivity contribution in [3.8, 4) is 0 Å². The number of aromatic nitrogens is 1. The lowest BCUT2D eigenvalue weighted by molar-refractivity contribution is -0.137. The number of hydrogen-bond donors (Lipinski definition) is 1. The van der Waals surface area contributed by atoms with Crippen molar-refractivity contribution >= 4 is 5.97 Å². The second-order valence-electron chi connectivity index (χ2n) is 4.22. The van der Waals surface area contributed by atoms with Gasteiger partial charge in [0.2, 0.25) is 0 Å². The second-order valence-corrected chi connectivity index (χ2v) is 4.22. The van der Waals surface area contributed by atoms with Gasteiger partial charge in [-0.1, -0.05) is 13.3 Å². The van der Waals surface area contributed by atoms with Gasteiger partial charge in [-0.2, -0.15) is 0 Å². The first kappa shape index (κ1) is 12.8. The Kier molecular flexibility index (Phi) is 5.09. The summed E-state index contributed by atoms with van der Waals surface area (Å²) in [6.07, 6.45) is 4.24. The van der Waals surface area contributed by atoms with Crippen LogP contribution in [0.3, 0.4) is 0 Å². The summed E-state index contributed by atoms with van der Waals surface area (Å²) in [6.45, 7) is 5.23. The van der Waals surface area contributed by atoms with E-state index in [1.165, 1.54) is 11.4 Å². The van der Waals surface area contributed by atoms with E-state index in [1.54, 1.807) is 0 Å². The second kappa shape index (κ2) is 6.36. The highest BCUT2D eigenvalue weighted by atomic mass is 16.4. The van der Waals surface area contributed by atoms with Crippen LogP contribution in [0.4, 0.5) is 0 Å². The number of carbonyl (C=O) groups is 1. The summed E-state index contributed by atoms with van der Waals surface area (Å²) in [5.74, 6) is -0.696. The van der Waals surface area contributed by atoms with E-state index in [1.807, 2.05) is 0 Å². The normalized spacial score (nSPS) is 10.6. The fourth-order valence-corrected chi connectivity index (χ4v) is 1.96. The smallest absolute Gasteiger partial charge is 0.303 e. The van der Waals surface area contributed by atoms with Gasteiger partial charge in [0, 0.05) is 24.4 Å². The van der Waals surface area contributed by atoms with Gasteiger partial charge in [-0.3, -0.25) is 4.79 Å². The van der Waals surface area contributed by atoms with Crippen LogP contribution in [-0.4, -0.2) is 15.6 Å². The molecular weight excluding hydrogens is 202 g/mol. The van der Waals surface area contributed by atoms with E-state index in [9.17, 15) is 4.79 Å². The van der Waals surface area contributed by atoms with Crippen molar-refractivity contribution in [2.45, 2.75) is 52.5 Å². The third kappa shape index (κ3) is 3.72. The van der Waals surface area contributed by atoms with Crippen molar-refractivity contribution in [1.82, 2.24) is 4.57 Å². The monoisotopic (exact) mass is 223 g/mol. The third-order valence-electron chi connectivity index (χ3n) is 2.82.